The first-order valence-electron chi connectivity index (χ1n) is 15.0. The van der Waals surface area contributed by atoms with E-state index in [4.69, 9.17) is 47.0 Å². The van der Waals surface area contributed by atoms with Crippen LogP contribution in [0.2, 0.25) is 0 Å². The number of rotatable bonds is 14. The maximum atomic E-state index is 13.0. The molecule has 0 spiro atoms. The molecule has 17 N–H and O–H groups in total. The van der Waals surface area contributed by atoms with Gasteiger partial charge in [0.25, 0.3) is 5.91 Å². The van der Waals surface area contributed by atoms with Crippen molar-refractivity contribution < 1.29 is 54.4 Å². The van der Waals surface area contributed by atoms with E-state index >= 15 is 0 Å². The van der Waals surface area contributed by atoms with Crippen molar-refractivity contribution in [2.24, 2.45) is 22.9 Å². The fraction of sp³-hybridized carbons (Fsp3) is 0.962. The number of aliphatic hydroxyl groups excluding tert-OH is 5. The Balaban J connectivity index is 1.81. The van der Waals surface area contributed by atoms with Gasteiger partial charge in [-0.1, -0.05) is 0 Å². The van der Waals surface area contributed by atoms with Crippen LogP contribution in [0, 0.1) is 0 Å². The molecule has 0 bridgehead atoms. The van der Waals surface area contributed by atoms with E-state index in [0.29, 0.717) is 25.9 Å². The molecule has 0 aromatic heterocycles. The molecule has 18 heteroatoms. The van der Waals surface area contributed by atoms with Gasteiger partial charge < -0.3 is 88.5 Å². The Bertz CT molecular complexity index is 895. The molecule has 0 aromatic carbocycles. The molecule has 44 heavy (non-hydrogen) atoms. The lowest BCUT2D eigenvalue weighted by molar-refractivity contribution is -0.307. The van der Waals surface area contributed by atoms with Crippen LogP contribution in [0.5, 0.6) is 0 Å². The van der Waals surface area contributed by atoms with Crippen LogP contribution in [0.1, 0.15) is 26.2 Å². The summed E-state index contributed by atoms with van der Waals surface area (Å²) in [6, 6.07) is -5.71. The number of carbonyl (C=O) groups excluding carboxylic acids is 1. The lowest BCUT2D eigenvalue weighted by Gasteiger charge is -2.49. The standard InChI is InChI=1S/C26H53N7O11/c1-26(40)10-41-25(19(38)22(26)31-2)44-21-15(33-23(39)17(36)16(30)14(29)9-35)7-13(28)20(18(21)37)43-24-12(27)4-3-11(42-24)8-32-5-6-34/h11-22,24-25,31-32,34-38,40H,3-10,27-30H2,1-2H3,(H,33,39). The third kappa shape index (κ3) is 9.00. The number of nitrogens with one attached hydrogen (secondary N) is 3. The average Bonchev–Trinajstić information content (AvgIpc) is 2.98. The van der Waals surface area contributed by atoms with Gasteiger partial charge in [-0.15, -0.1) is 0 Å². The Morgan fingerprint density at radius 1 is 1.07 bits per heavy atom. The van der Waals surface area contributed by atoms with Gasteiger partial charge in [0.15, 0.2) is 12.6 Å². The van der Waals surface area contributed by atoms with Crippen LogP contribution in [0.4, 0.5) is 0 Å². The number of ether oxygens (including phenoxy) is 4. The molecule has 0 radical (unpaired) electrons. The third-order valence-electron chi connectivity index (χ3n) is 8.57. The van der Waals surface area contributed by atoms with Crippen molar-refractivity contribution in [2.45, 2.75) is 117 Å². The summed E-state index contributed by atoms with van der Waals surface area (Å²) in [5, 5.41) is 70.5. The summed E-state index contributed by atoms with van der Waals surface area (Å²) < 4.78 is 23.9. The summed E-state index contributed by atoms with van der Waals surface area (Å²) in [7, 11) is 1.55. The zero-order valence-corrected chi connectivity index (χ0v) is 25.3. The maximum Gasteiger partial charge on any atom is 0.250 e. The fourth-order valence-corrected chi connectivity index (χ4v) is 5.91. The van der Waals surface area contributed by atoms with Crippen LogP contribution in [-0.4, -0.2) is 168 Å². The Kier molecular flexibility index (Phi) is 14.1. The highest BCUT2D eigenvalue weighted by molar-refractivity contribution is 5.81. The van der Waals surface area contributed by atoms with Gasteiger partial charge >= 0.3 is 0 Å². The minimum absolute atomic E-state index is 0.0222. The second-order valence-corrected chi connectivity index (χ2v) is 12.2. The van der Waals surface area contributed by atoms with Gasteiger partial charge in [-0.25, -0.2) is 0 Å². The number of carbonyl (C=O) groups is 1. The second kappa shape index (κ2) is 16.6. The molecule has 1 amide bonds. The predicted molar refractivity (Wildman–Crippen MR) is 154 cm³/mol. The van der Waals surface area contributed by atoms with E-state index in [9.17, 15) is 30.3 Å². The Hall–Kier alpha value is -1.17. The summed E-state index contributed by atoms with van der Waals surface area (Å²) in [5.74, 6) is -0.948. The lowest BCUT2D eigenvalue weighted by Crippen LogP contribution is -2.70. The highest BCUT2D eigenvalue weighted by Gasteiger charge is 2.52. The first kappa shape index (κ1) is 37.3. The molecular formula is C26H53N7O11. The normalized spacial score (nSPS) is 42.0. The van der Waals surface area contributed by atoms with Crippen LogP contribution in [-0.2, 0) is 23.7 Å². The predicted octanol–water partition coefficient (Wildman–Crippen LogP) is -7.19. The maximum absolute atomic E-state index is 13.0. The number of nitrogens with two attached hydrogens (primary N) is 4. The molecule has 3 fully saturated rings. The lowest BCUT2D eigenvalue weighted by atomic mass is 9.83. The monoisotopic (exact) mass is 639 g/mol. The van der Waals surface area contributed by atoms with E-state index in [-0.39, 0.29) is 25.7 Å². The summed E-state index contributed by atoms with van der Waals surface area (Å²) in [6.07, 6.45) is -8.52. The van der Waals surface area contributed by atoms with Gasteiger partial charge in [0, 0.05) is 25.2 Å². The van der Waals surface area contributed by atoms with E-state index in [0.717, 1.165) is 0 Å². The Morgan fingerprint density at radius 2 is 1.75 bits per heavy atom. The zero-order valence-electron chi connectivity index (χ0n) is 25.3. The van der Waals surface area contributed by atoms with Gasteiger partial charge in [0.1, 0.15) is 36.1 Å². The smallest absolute Gasteiger partial charge is 0.250 e. The van der Waals surface area contributed by atoms with E-state index in [1.54, 1.807) is 7.05 Å². The second-order valence-electron chi connectivity index (χ2n) is 12.2. The van der Waals surface area contributed by atoms with Crippen LogP contribution >= 0.6 is 0 Å². The van der Waals surface area contributed by atoms with Gasteiger partial charge in [-0.3, -0.25) is 4.79 Å². The van der Waals surface area contributed by atoms with Crippen molar-refractivity contribution in [2.75, 3.05) is 40.0 Å². The number of amides is 1. The Morgan fingerprint density at radius 3 is 2.39 bits per heavy atom. The summed E-state index contributed by atoms with van der Waals surface area (Å²) in [5.41, 5.74) is 22.8. The minimum atomic E-state index is -1.81. The van der Waals surface area contributed by atoms with Crippen molar-refractivity contribution in [3.8, 4) is 0 Å². The molecule has 15 atom stereocenters. The molecule has 15 unspecified atom stereocenters. The van der Waals surface area contributed by atoms with Gasteiger partial charge in [0.05, 0.1) is 50.1 Å². The quantitative estimate of drug-likeness (QED) is 0.0785. The number of aliphatic hydroxyl groups is 6. The first-order chi connectivity index (χ1) is 20.7. The van der Waals surface area contributed by atoms with Crippen LogP contribution < -0.4 is 38.9 Å². The summed E-state index contributed by atoms with van der Waals surface area (Å²) >= 11 is 0. The van der Waals surface area contributed by atoms with E-state index in [1.165, 1.54) is 6.92 Å². The largest absolute Gasteiger partial charge is 0.395 e. The van der Waals surface area contributed by atoms with E-state index in [2.05, 4.69) is 16.0 Å². The number of likely N-dealkylation sites (N-methyl/N-ethyl adjacent to an activating group) is 1. The minimum Gasteiger partial charge on any atom is -0.395 e. The van der Waals surface area contributed by atoms with Crippen LogP contribution in [0.15, 0.2) is 0 Å². The highest BCUT2D eigenvalue weighted by Crippen LogP contribution is 2.32. The van der Waals surface area contributed by atoms with Crippen molar-refractivity contribution in [1.82, 2.24) is 16.0 Å². The molecule has 2 aliphatic heterocycles. The SMILES string of the molecule is CNC1C(O)C(OC2C(NC(=O)C(O)C(N)C(N)CO)CC(N)C(OC3OC(CNCCO)CCC3N)C2O)OCC1(C)O. The van der Waals surface area contributed by atoms with Crippen molar-refractivity contribution in [3.05, 3.63) is 0 Å². The highest BCUT2D eigenvalue weighted by atomic mass is 16.7. The van der Waals surface area contributed by atoms with Crippen molar-refractivity contribution >= 4 is 5.91 Å². The first-order valence-corrected chi connectivity index (χ1v) is 15.0. The summed E-state index contributed by atoms with van der Waals surface area (Å²) in [6.45, 7) is 1.50. The number of hydrogen-bond acceptors (Lipinski definition) is 17. The molecule has 18 nitrogen and oxygen atoms in total. The molecule has 2 heterocycles. The average molecular weight is 640 g/mol. The van der Waals surface area contributed by atoms with Crippen LogP contribution in [0.3, 0.4) is 0 Å². The molecule has 258 valence electrons. The van der Waals surface area contributed by atoms with Gasteiger partial charge in [0.2, 0.25) is 0 Å². The topological polar surface area (TPSA) is 316 Å². The molecular weight excluding hydrogens is 586 g/mol. The zero-order chi connectivity index (χ0) is 32.8. The molecule has 2 saturated heterocycles. The Labute approximate surface area is 256 Å². The molecule has 0 aromatic rings. The van der Waals surface area contributed by atoms with E-state index < -0.39 is 97.5 Å². The summed E-state index contributed by atoms with van der Waals surface area (Å²) in [4.78, 5) is 13.0. The van der Waals surface area contributed by atoms with Crippen molar-refractivity contribution in [3.63, 3.8) is 0 Å². The molecule has 3 rings (SSSR count). The van der Waals surface area contributed by atoms with Crippen molar-refractivity contribution in [1.29, 1.82) is 0 Å². The molecule has 1 aliphatic carbocycles. The molecule has 3 aliphatic rings. The van der Waals surface area contributed by atoms with Gasteiger partial charge in [-0.05, 0) is 33.2 Å². The molecule has 1 saturated carbocycles. The number of hydrogen-bond donors (Lipinski definition) is 13. The fourth-order valence-electron chi connectivity index (χ4n) is 5.91. The third-order valence-corrected chi connectivity index (χ3v) is 8.57. The van der Waals surface area contributed by atoms with E-state index in [1.807, 2.05) is 0 Å². The van der Waals surface area contributed by atoms with Crippen LogP contribution in [0.25, 0.3) is 0 Å². The van der Waals surface area contributed by atoms with Gasteiger partial charge in [-0.2, -0.15) is 0 Å².